The Balaban J connectivity index is 1.24. The highest BCUT2D eigenvalue weighted by atomic mass is 16.5. The standard InChI is InChI=1S/C34H36O7/c1-41-33-18-22(9-17-31(33)39)8-14-30(38)21-28(36)6-3-5-27(35)15-12-23-4-2-7-32(40)34(23)26-11-10-25-20-29(37)16-13-24(25)19-26/h2,4,7,9-11,13,16-20,27,35,37,39-40H,3,5-6,8,12,14-15,21H2,1H3/t27-/m0/s1. The van der Waals surface area contributed by atoms with Gasteiger partial charge in [-0.2, -0.15) is 0 Å². The van der Waals surface area contributed by atoms with E-state index in [0.29, 0.717) is 43.4 Å². The van der Waals surface area contributed by atoms with Crippen molar-refractivity contribution in [2.45, 2.75) is 57.5 Å². The topological polar surface area (TPSA) is 124 Å². The van der Waals surface area contributed by atoms with Crippen LogP contribution in [-0.4, -0.2) is 45.2 Å². The van der Waals surface area contributed by atoms with Crippen LogP contribution in [0, 0.1) is 0 Å². The number of phenols is 3. The number of hydrogen-bond donors (Lipinski definition) is 4. The number of aliphatic hydroxyl groups excluding tert-OH is 1. The Labute approximate surface area is 239 Å². The second kappa shape index (κ2) is 13.8. The van der Waals surface area contributed by atoms with E-state index in [0.717, 1.165) is 27.5 Å². The molecule has 0 spiro atoms. The first-order valence-electron chi connectivity index (χ1n) is 13.8. The Morgan fingerprint density at radius 1 is 0.780 bits per heavy atom. The Bertz CT molecular complexity index is 1530. The minimum absolute atomic E-state index is 0.0368. The number of ether oxygens (including phenoxy) is 1. The molecule has 0 unspecified atom stereocenters. The zero-order valence-corrected chi connectivity index (χ0v) is 23.2. The van der Waals surface area contributed by atoms with Gasteiger partial charge in [0.2, 0.25) is 0 Å². The van der Waals surface area contributed by atoms with Gasteiger partial charge in [-0.25, -0.2) is 0 Å². The summed E-state index contributed by atoms with van der Waals surface area (Å²) in [6.07, 6.45) is 2.15. The zero-order valence-electron chi connectivity index (χ0n) is 23.2. The lowest BCUT2D eigenvalue weighted by Gasteiger charge is -2.15. The lowest BCUT2D eigenvalue weighted by molar-refractivity contribution is -0.127. The Morgan fingerprint density at radius 3 is 2.34 bits per heavy atom. The number of fused-ring (bicyclic) bond motifs is 1. The van der Waals surface area contributed by atoms with Gasteiger partial charge in [0.25, 0.3) is 0 Å². The van der Waals surface area contributed by atoms with Crippen LogP contribution in [0.5, 0.6) is 23.0 Å². The van der Waals surface area contributed by atoms with Crippen molar-refractivity contribution in [2.24, 2.45) is 0 Å². The van der Waals surface area contributed by atoms with Crippen LogP contribution in [0.15, 0.2) is 72.8 Å². The highest BCUT2D eigenvalue weighted by Crippen LogP contribution is 2.36. The summed E-state index contributed by atoms with van der Waals surface area (Å²) in [6, 6.07) is 21.2. The summed E-state index contributed by atoms with van der Waals surface area (Å²) in [5, 5.41) is 42.5. The fraction of sp³-hybridized carbons (Fsp3) is 0.294. The van der Waals surface area contributed by atoms with Crippen molar-refractivity contribution in [2.75, 3.05) is 7.11 Å². The number of phenolic OH excluding ortho intramolecular Hbond substituents is 3. The molecule has 7 heteroatoms. The maximum atomic E-state index is 12.3. The molecular weight excluding hydrogens is 520 g/mol. The van der Waals surface area contributed by atoms with E-state index in [-0.39, 0.29) is 48.1 Å². The van der Waals surface area contributed by atoms with Crippen LogP contribution in [0.25, 0.3) is 21.9 Å². The highest BCUT2D eigenvalue weighted by Gasteiger charge is 2.15. The number of aliphatic hydroxyl groups is 1. The van der Waals surface area contributed by atoms with Gasteiger partial charge in [-0.1, -0.05) is 36.4 Å². The maximum absolute atomic E-state index is 12.3. The van der Waals surface area contributed by atoms with Gasteiger partial charge in [0.05, 0.1) is 19.6 Å². The highest BCUT2D eigenvalue weighted by molar-refractivity contribution is 5.99. The van der Waals surface area contributed by atoms with Crippen LogP contribution >= 0.6 is 0 Å². The summed E-state index contributed by atoms with van der Waals surface area (Å²) in [4.78, 5) is 24.6. The molecule has 4 aromatic rings. The normalized spacial score (nSPS) is 11.9. The van der Waals surface area contributed by atoms with E-state index in [1.807, 2.05) is 30.3 Å². The van der Waals surface area contributed by atoms with E-state index in [2.05, 4.69) is 0 Å². The van der Waals surface area contributed by atoms with E-state index in [1.54, 1.807) is 36.4 Å². The van der Waals surface area contributed by atoms with Crippen molar-refractivity contribution < 1.29 is 34.8 Å². The summed E-state index contributed by atoms with van der Waals surface area (Å²) in [5.74, 6) is 0.475. The van der Waals surface area contributed by atoms with Gasteiger partial charge in [0.15, 0.2) is 11.5 Å². The van der Waals surface area contributed by atoms with Crippen LogP contribution in [0.4, 0.5) is 0 Å². The smallest absolute Gasteiger partial charge is 0.160 e. The van der Waals surface area contributed by atoms with E-state index in [9.17, 15) is 30.0 Å². The molecule has 7 nitrogen and oxygen atoms in total. The van der Waals surface area contributed by atoms with Crippen molar-refractivity contribution >= 4 is 22.3 Å². The Kier molecular flexibility index (Phi) is 9.98. The molecule has 0 saturated carbocycles. The molecule has 0 heterocycles. The average Bonchev–Trinajstić information content (AvgIpc) is 2.95. The number of carbonyl (C=O) groups excluding carboxylic acids is 2. The molecular formula is C34H36O7. The number of methoxy groups -OCH3 is 1. The number of aryl methyl sites for hydroxylation is 2. The van der Waals surface area contributed by atoms with Crippen molar-refractivity contribution in [3.8, 4) is 34.1 Å². The predicted molar refractivity (Wildman–Crippen MR) is 159 cm³/mol. The van der Waals surface area contributed by atoms with Crippen molar-refractivity contribution in [1.82, 2.24) is 0 Å². The predicted octanol–water partition coefficient (Wildman–Crippen LogP) is 6.26. The van der Waals surface area contributed by atoms with Crippen molar-refractivity contribution in [3.63, 3.8) is 0 Å². The van der Waals surface area contributed by atoms with Crippen LogP contribution in [0.1, 0.15) is 49.7 Å². The quantitative estimate of drug-likeness (QED) is 0.135. The molecule has 214 valence electrons. The summed E-state index contributed by atoms with van der Waals surface area (Å²) >= 11 is 0. The summed E-state index contributed by atoms with van der Waals surface area (Å²) in [5.41, 5.74) is 3.33. The molecule has 0 fully saturated rings. The molecule has 41 heavy (non-hydrogen) atoms. The third kappa shape index (κ3) is 8.08. The lowest BCUT2D eigenvalue weighted by Crippen LogP contribution is -2.12. The number of rotatable bonds is 14. The number of aromatic hydroxyl groups is 3. The first-order valence-corrected chi connectivity index (χ1v) is 13.8. The SMILES string of the molecule is COc1cc(CCC(=O)CC(=O)CCC[C@H](O)CCc2cccc(O)c2-c2ccc3cc(O)ccc3c2)ccc1O. The number of carbonyl (C=O) groups is 2. The van der Waals surface area contributed by atoms with Gasteiger partial charge in [0.1, 0.15) is 23.1 Å². The second-order valence-electron chi connectivity index (χ2n) is 10.4. The van der Waals surface area contributed by atoms with Crippen molar-refractivity contribution in [3.05, 3.63) is 83.9 Å². The first kappa shape index (κ1) is 29.6. The second-order valence-corrected chi connectivity index (χ2v) is 10.4. The molecule has 4 aromatic carbocycles. The van der Waals surface area contributed by atoms with E-state index < -0.39 is 6.10 Å². The molecule has 0 radical (unpaired) electrons. The van der Waals surface area contributed by atoms with Crippen LogP contribution in [0.2, 0.25) is 0 Å². The van der Waals surface area contributed by atoms with Gasteiger partial charge in [-0.3, -0.25) is 9.59 Å². The van der Waals surface area contributed by atoms with Crippen LogP contribution < -0.4 is 4.74 Å². The minimum atomic E-state index is -0.613. The zero-order chi connectivity index (χ0) is 29.4. The van der Waals surface area contributed by atoms with Gasteiger partial charge in [-0.15, -0.1) is 0 Å². The molecule has 0 amide bonds. The molecule has 0 aliphatic carbocycles. The number of hydrogen-bond acceptors (Lipinski definition) is 7. The average molecular weight is 557 g/mol. The molecule has 0 aliphatic rings. The van der Waals surface area contributed by atoms with Crippen LogP contribution in [0.3, 0.4) is 0 Å². The Hall–Kier alpha value is -4.36. The van der Waals surface area contributed by atoms with Gasteiger partial charge in [0, 0.05) is 18.4 Å². The fourth-order valence-electron chi connectivity index (χ4n) is 5.08. The van der Waals surface area contributed by atoms with E-state index in [4.69, 9.17) is 4.74 Å². The van der Waals surface area contributed by atoms with Gasteiger partial charge in [-0.05, 0) is 96.0 Å². The van der Waals surface area contributed by atoms with Gasteiger partial charge < -0.3 is 25.2 Å². The van der Waals surface area contributed by atoms with Crippen molar-refractivity contribution in [1.29, 1.82) is 0 Å². The largest absolute Gasteiger partial charge is 0.508 e. The first-order chi connectivity index (χ1) is 19.7. The summed E-state index contributed by atoms with van der Waals surface area (Å²) in [7, 11) is 1.46. The minimum Gasteiger partial charge on any atom is -0.508 e. The fourth-order valence-corrected chi connectivity index (χ4v) is 5.08. The molecule has 0 aromatic heterocycles. The Morgan fingerprint density at radius 2 is 1.54 bits per heavy atom. The molecule has 1 atom stereocenters. The van der Waals surface area contributed by atoms with E-state index in [1.165, 1.54) is 13.2 Å². The van der Waals surface area contributed by atoms with E-state index >= 15 is 0 Å². The third-order valence-electron chi connectivity index (χ3n) is 7.31. The van der Waals surface area contributed by atoms with Gasteiger partial charge >= 0.3 is 0 Å². The van der Waals surface area contributed by atoms with Crippen LogP contribution in [-0.2, 0) is 22.4 Å². The molecule has 4 rings (SSSR count). The maximum Gasteiger partial charge on any atom is 0.160 e. The lowest BCUT2D eigenvalue weighted by atomic mass is 9.92. The summed E-state index contributed by atoms with van der Waals surface area (Å²) in [6.45, 7) is 0. The number of ketones is 2. The number of benzene rings is 4. The number of Topliss-reactive ketones (excluding diaryl/α,β-unsaturated/α-hetero) is 2. The summed E-state index contributed by atoms with van der Waals surface area (Å²) < 4.78 is 5.08. The molecule has 0 aliphatic heterocycles. The molecule has 0 bridgehead atoms. The molecule has 4 N–H and O–H groups in total. The molecule has 0 saturated heterocycles. The third-order valence-corrected chi connectivity index (χ3v) is 7.31. The monoisotopic (exact) mass is 556 g/mol.